The van der Waals surface area contributed by atoms with Crippen LogP contribution in [-0.2, 0) is 4.74 Å². The van der Waals surface area contributed by atoms with Crippen molar-refractivity contribution in [2.75, 3.05) is 13.1 Å². The van der Waals surface area contributed by atoms with E-state index in [0.29, 0.717) is 36.8 Å². The maximum absolute atomic E-state index is 12.8. The molecule has 0 bridgehead atoms. The van der Waals surface area contributed by atoms with Crippen LogP contribution >= 0.6 is 23.4 Å². The van der Waals surface area contributed by atoms with Gasteiger partial charge in [-0.1, -0.05) is 11.6 Å². The predicted molar refractivity (Wildman–Crippen MR) is 89.2 cm³/mol. The van der Waals surface area contributed by atoms with E-state index in [9.17, 15) is 9.59 Å². The number of ether oxygens (including phenoxy) is 1. The second kappa shape index (κ2) is 5.67. The topological polar surface area (TPSA) is 59.5 Å². The molecule has 3 heterocycles. The summed E-state index contributed by atoms with van der Waals surface area (Å²) in [5, 5.41) is 0.334. The summed E-state index contributed by atoms with van der Waals surface area (Å²) >= 11 is 7.45. The molecule has 1 amide bonds. The summed E-state index contributed by atoms with van der Waals surface area (Å²) in [7, 11) is 0. The molecular weight excluding hydrogens is 336 g/mol. The van der Waals surface area contributed by atoms with Crippen molar-refractivity contribution in [3.8, 4) is 0 Å². The standard InChI is InChI=1S/C16H19ClN2O3S/c1-15(2,3)22-14(21)19-8-6-16(7-9-19)13(20)12-10(23-16)4-5-11(17)18-12/h4-5H,6-9H2,1-3H3. The average molecular weight is 355 g/mol. The first kappa shape index (κ1) is 16.6. The lowest BCUT2D eigenvalue weighted by Gasteiger charge is -2.37. The fraction of sp³-hybridized carbons (Fsp3) is 0.562. The molecule has 0 radical (unpaired) electrons. The van der Waals surface area contributed by atoms with E-state index in [1.54, 1.807) is 22.7 Å². The number of carbonyl (C=O) groups excluding carboxylic acids is 2. The first-order valence-corrected chi connectivity index (χ1v) is 8.78. The number of halogens is 1. The molecular formula is C16H19ClN2O3S. The van der Waals surface area contributed by atoms with Crippen molar-refractivity contribution in [3.63, 3.8) is 0 Å². The van der Waals surface area contributed by atoms with Crippen LogP contribution in [0.3, 0.4) is 0 Å². The van der Waals surface area contributed by atoms with Gasteiger partial charge in [-0.25, -0.2) is 9.78 Å². The lowest BCUT2D eigenvalue weighted by Crippen LogP contribution is -2.48. The Labute approximate surface area is 144 Å². The number of ketones is 1. The second-order valence-corrected chi connectivity index (χ2v) is 8.69. The number of pyridine rings is 1. The van der Waals surface area contributed by atoms with Crippen LogP contribution in [0.25, 0.3) is 0 Å². The van der Waals surface area contributed by atoms with Gasteiger partial charge in [0.25, 0.3) is 0 Å². The number of hydrogen-bond donors (Lipinski definition) is 0. The van der Waals surface area contributed by atoms with Gasteiger partial charge in [-0.05, 0) is 45.7 Å². The summed E-state index contributed by atoms with van der Waals surface area (Å²) in [4.78, 5) is 31.6. The minimum Gasteiger partial charge on any atom is -0.444 e. The number of fused-ring (bicyclic) bond motifs is 1. The number of carbonyl (C=O) groups is 2. The molecule has 0 aromatic carbocycles. The number of likely N-dealkylation sites (tertiary alicyclic amines) is 1. The third-order valence-electron chi connectivity index (χ3n) is 3.98. The number of aromatic nitrogens is 1. The summed E-state index contributed by atoms with van der Waals surface area (Å²) in [5.41, 5.74) is -0.0469. The molecule has 5 nitrogen and oxygen atoms in total. The number of amides is 1. The van der Waals surface area contributed by atoms with E-state index >= 15 is 0 Å². The van der Waals surface area contributed by atoms with Gasteiger partial charge < -0.3 is 9.64 Å². The van der Waals surface area contributed by atoms with Crippen LogP contribution in [0.15, 0.2) is 17.0 Å². The van der Waals surface area contributed by atoms with E-state index in [0.717, 1.165) is 4.90 Å². The van der Waals surface area contributed by atoms with Crippen LogP contribution in [0.2, 0.25) is 5.15 Å². The minimum atomic E-state index is -0.515. The van der Waals surface area contributed by atoms with Gasteiger partial charge in [0, 0.05) is 18.0 Å². The molecule has 1 saturated heterocycles. The highest BCUT2D eigenvalue weighted by atomic mass is 35.5. The Hall–Kier alpha value is -1.27. The van der Waals surface area contributed by atoms with Crippen LogP contribution in [0.1, 0.15) is 44.1 Å². The number of nitrogens with zero attached hydrogens (tertiary/aromatic N) is 2. The summed E-state index contributed by atoms with van der Waals surface area (Å²) in [6.07, 6.45) is 0.884. The lowest BCUT2D eigenvalue weighted by molar-refractivity contribution is 0.0196. The predicted octanol–water partition coefficient (Wildman–Crippen LogP) is 3.79. The summed E-state index contributed by atoms with van der Waals surface area (Å²) in [6, 6.07) is 3.55. The molecule has 2 aliphatic rings. The molecule has 0 aliphatic carbocycles. The van der Waals surface area contributed by atoms with Crippen molar-refractivity contribution in [2.24, 2.45) is 0 Å². The number of piperidine rings is 1. The summed E-state index contributed by atoms with van der Waals surface area (Å²) in [5.74, 6) is 0.0313. The highest BCUT2D eigenvalue weighted by Gasteiger charge is 2.50. The quantitative estimate of drug-likeness (QED) is 0.663. The van der Waals surface area contributed by atoms with Gasteiger partial charge in [-0.3, -0.25) is 4.79 Å². The van der Waals surface area contributed by atoms with E-state index in [1.807, 2.05) is 26.8 Å². The monoisotopic (exact) mass is 354 g/mol. The highest BCUT2D eigenvalue weighted by molar-refractivity contribution is 8.02. The summed E-state index contributed by atoms with van der Waals surface area (Å²) < 4.78 is 4.88. The molecule has 23 heavy (non-hydrogen) atoms. The van der Waals surface area contributed by atoms with Gasteiger partial charge in [0.1, 0.15) is 16.4 Å². The lowest BCUT2D eigenvalue weighted by atomic mass is 9.90. The van der Waals surface area contributed by atoms with Gasteiger partial charge in [-0.15, -0.1) is 11.8 Å². The van der Waals surface area contributed by atoms with Crippen molar-refractivity contribution in [1.82, 2.24) is 9.88 Å². The molecule has 3 rings (SSSR count). The Morgan fingerprint density at radius 2 is 2.00 bits per heavy atom. The Morgan fingerprint density at radius 3 is 2.61 bits per heavy atom. The third-order valence-corrected chi connectivity index (χ3v) is 5.73. The molecule has 0 saturated carbocycles. The molecule has 124 valence electrons. The SMILES string of the molecule is CC(C)(C)OC(=O)N1CCC2(CC1)Sc1ccc(Cl)nc1C2=O. The smallest absolute Gasteiger partial charge is 0.410 e. The van der Waals surface area contributed by atoms with Gasteiger partial charge in [0.15, 0.2) is 5.78 Å². The zero-order chi connectivity index (χ0) is 16.8. The van der Waals surface area contributed by atoms with Crippen molar-refractivity contribution < 1.29 is 14.3 Å². The number of hydrogen-bond acceptors (Lipinski definition) is 5. The van der Waals surface area contributed by atoms with Gasteiger partial charge in [0.05, 0.1) is 4.75 Å². The Morgan fingerprint density at radius 1 is 1.35 bits per heavy atom. The van der Waals surface area contributed by atoms with Gasteiger partial charge in [-0.2, -0.15) is 0 Å². The molecule has 7 heteroatoms. The van der Waals surface area contributed by atoms with Crippen LogP contribution in [0.4, 0.5) is 4.79 Å². The first-order chi connectivity index (χ1) is 10.7. The van der Waals surface area contributed by atoms with Crippen LogP contribution in [0, 0.1) is 0 Å². The normalized spacial score (nSPS) is 19.8. The van der Waals surface area contributed by atoms with E-state index in [-0.39, 0.29) is 11.9 Å². The van der Waals surface area contributed by atoms with E-state index in [1.165, 1.54) is 0 Å². The molecule has 1 spiro atoms. The molecule has 1 fully saturated rings. The Balaban J connectivity index is 1.70. The number of thioether (sulfide) groups is 1. The molecule has 0 unspecified atom stereocenters. The first-order valence-electron chi connectivity index (χ1n) is 7.58. The van der Waals surface area contributed by atoms with Crippen molar-refractivity contribution in [3.05, 3.63) is 23.0 Å². The fourth-order valence-electron chi connectivity index (χ4n) is 2.85. The third kappa shape index (κ3) is 3.19. The van der Waals surface area contributed by atoms with Crippen LogP contribution in [-0.4, -0.2) is 45.2 Å². The van der Waals surface area contributed by atoms with Crippen molar-refractivity contribution in [1.29, 1.82) is 0 Å². The van der Waals surface area contributed by atoms with Crippen molar-refractivity contribution in [2.45, 2.75) is 48.9 Å². The molecule has 0 N–H and O–H groups in total. The largest absolute Gasteiger partial charge is 0.444 e. The average Bonchev–Trinajstić information content (AvgIpc) is 2.71. The molecule has 0 atom stereocenters. The van der Waals surface area contributed by atoms with E-state index < -0.39 is 10.3 Å². The summed E-state index contributed by atoms with van der Waals surface area (Å²) in [6.45, 7) is 6.56. The van der Waals surface area contributed by atoms with Gasteiger partial charge in [0.2, 0.25) is 0 Å². The Bertz CT molecular complexity index is 664. The van der Waals surface area contributed by atoms with E-state index in [2.05, 4.69) is 4.98 Å². The maximum atomic E-state index is 12.8. The van der Waals surface area contributed by atoms with Crippen LogP contribution < -0.4 is 0 Å². The number of rotatable bonds is 0. The number of Topliss-reactive ketones (excluding diaryl/α,β-unsaturated/α-hetero) is 1. The van der Waals surface area contributed by atoms with Crippen molar-refractivity contribution >= 4 is 35.2 Å². The van der Waals surface area contributed by atoms with Crippen LogP contribution in [0.5, 0.6) is 0 Å². The Kier molecular flexibility index (Phi) is 4.09. The zero-order valence-electron chi connectivity index (χ0n) is 13.4. The maximum Gasteiger partial charge on any atom is 0.410 e. The molecule has 1 aromatic heterocycles. The molecule has 2 aliphatic heterocycles. The molecule has 1 aromatic rings. The van der Waals surface area contributed by atoms with E-state index in [4.69, 9.17) is 16.3 Å². The fourth-order valence-corrected chi connectivity index (χ4v) is 4.36. The zero-order valence-corrected chi connectivity index (χ0v) is 15.0. The van der Waals surface area contributed by atoms with Gasteiger partial charge >= 0.3 is 6.09 Å². The highest BCUT2D eigenvalue weighted by Crippen LogP contribution is 2.50. The minimum absolute atomic E-state index is 0.0313. The second-order valence-electron chi connectivity index (χ2n) is 6.87.